The number of benzene rings is 2. The Labute approximate surface area is 120 Å². The summed E-state index contributed by atoms with van der Waals surface area (Å²) in [7, 11) is 0. The summed E-state index contributed by atoms with van der Waals surface area (Å²) in [6, 6.07) is 10.9. The van der Waals surface area contributed by atoms with Gasteiger partial charge in [0.1, 0.15) is 5.69 Å². The van der Waals surface area contributed by atoms with Crippen LogP contribution in [0.5, 0.6) is 0 Å². The van der Waals surface area contributed by atoms with Crippen molar-refractivity contribution in [1.29, 1.82) is 0 Å². The van der Waals surface area contributed by atoms with Gasteiger partial charge in [0, 0.05) is 24.7 Å². The Morgan fingerprint density at radius 3 is 2.24 bits per heavy atom. The molecule has 7 heteroatoms. The van der Waals surface area contributed by atoms with Gasteiger partial charge in [-0.25, -0.2) is 0 Å². The van der Waals surface area contributed by atoms with Gasteiger partial charge in [-0.1, -0.05) is 24.3 Å². The van der Waals surface area contributed by atoms with Gasteiger partial charge in [0.2, 0.25) is 0 Å². The number of non-ortho nitro benzene ring substituents is 1. The highest BCUT2D eigenvalue weighted by atomic mass is 16.6. The normalized spacial score (nSPS) is 10.1. The Balaban J connectivity index is 2.16. The Kier molecular flexibility index (Phi) is 4.13. The van der Waals surface area contributed by atoms with Crippen LogP contribution >= 0.6 is 0 Å². The highest BCUT2D eigenvalue weighted by molar-refractivity contribution is 5.66. The van der Waals surface area contributed by atoms with Gasteiger partial charge in [0.05, 0.1) is 9.85 Å². The molecule has 0 aromatic heterocycles. The zero-order chi connectivity index (χ0) is 15.4. The number of para-hydroxylation sites is 1. The van der Waals surface area contributed by atoms with Crippen molar-refractivity contribution >= 4 is 17.1 Å². The first-order chi connectivity index (χ1) is 9.99. The maximum Gasteiger partial charge on any atom is 0.292 e. The molecule has 2 aromatic rings. The van der Waals surface area contributed by atoms with Crippen LogP contribution in [0.25, 0.3) is 0 Å². The average Bonchev–Trinajstić information content (AvgIpc) is 2.46. The van der Waals surface area contributed by atoms with Crippen molar-refractivity contribution in [3.05, 3.63) is 73.8 Å². The minimum absolute atomic E-state index is 0.0110. The fraction of sp³-hybridized carbons (Fsp3) is 0.143. The van der Waals surface area contributed by atoms with Crippen LogP contribution in [0.1, 0.15) is 11.1 Å². The van der Waals surface area contributed by atoms with Gasteiger partial charge in [0.15, 0.2) is 0 Å². The second kappa shape index (κ2) is 6.00. The van der Waals surface area contributed by atoms with E-state index in [0.717, 1.165) is 11.1 Å². The highest BCUT2D eigenvalue weighted by Gasteiger charge is 2.15. The quantitative estimate of drug-likeness (QED) is 0.671. The van der Waals surface area contributed by atoms with E-state index in [2.05, 4.69) is 5.32 Å². The molecule has 2 rings (SSSR count). The Morgan fingerprint density at radius 2 is 1.67 bits per heavy atom. The standard InChI is InChI=1S/C14H13N3O4/c1-10-3-2-4-13(17(20)21)14(10)15-9-11-5-7-12(8-6-11)16(18)19/h2-8,15H,9H2,1H3. The van der Waals surface area contributed by atoms with E-state index in [0.29, 0.717) is 12.2 Å². The number of nitro groups is 2. The van der Waals surface area contributed by atoms with Gasteiger partial charge in [-0.05, 0) is 18.1 Å². The van der Waals surface area contributed by atoms with E-state index in [1.165, 1.54) is 18.2 Å². The van der Waals surface area contributed by atoms with Gasteiger partial charge in [-0.3, -0.25) is 20.2 Å². The molecule has 2 aromatic carbocycles. The number of aryl methyl sites for hydroxylation is 1. The van der Waals surface area contributed by atoms with Crippen LogP contribution < -0.4 is 5.32 Å². The summed E-state index contributed by atoms with van der Waals surface area (Å²) in [4.78, 5) is 20.7. The maximum atomic E-state index is 11.0. The molecule has 0 atom stereocenters. The Hall–Kier alpha value is -2.96. The fourth-order valence-electron chi connectivity index (χ4n) is 1.96. The van der Waals surface area contributed by atoms with Crippen LogP contribution in [0, 0.1) is 27.2 Å². The number of rotatable bonds is 5. The van der Waals surface area contributed by atoms with Gasteiger partial charge < -0.3 is 5.32 Å². The zero-order valence-electron chi connectivity index (χ0n) is 11.3. The lowest BCUT2D eigenvalue weighted by atomic mass is 10.1. The molecule has 7 nitrogen and oxygen atoms in total. The van der Waals surface area contributed by atoms with Crippen LogP contribution in [0.15, 0.2) is 42.5 Å². The predicted molar refractivity (Wildman–Crippen MR) is 78.3 cm³/mol. The molecule has 0 unspecified atom stereocenters. The first-order valence-corrected chi connectivity index (χ1v) is 6.20. The lowest BCUT2D eigenvalue weighted by Gasteiger charge is -2.09. The van der Waals surface area contributed by atoms with Crippen molar-refractivity contribution in [3.8, 4) is 0 Å². The third-order valence-electron chi connectivity index (χ3n) is 3.06. The summed E-state index contributed by atoms with van der Waals surface area (Å²) in [6.07, 6.45) is 0. The number of hydrogen-bond donors (Lipinski definition) is 1. The van der Waals surface area contributed by atoms with E-state index in [4.69, 9.17) is 0 Å². The molecule has 0 saturated carbocycles. The van der Waals surface area contributed by atoms with Crippen molar-refractivity contribution in [3.63, 3.8) is 0 Å². The highest BCUT2D eigenvalue weighted by Crippen LogP contribution is 2.28. The van der Waals surface area contributed by atoms with Gasteiger partial charge in [0.25, 0.3) is 11.4 Å². The Bertz CT molecular complexity index is 683. The first-order valence-electron chi connectivity index (χ1n) is 6.20. The molecule has 0 radical (unpaired) electrons. The SMILES string of the molecule is Cc1cccc([N+](=O)[O-])c1NCc1ccc([N+](=O)[O-])cc1. The molecule has 0 aliphatic heterocycles. The third kappa shape index (κ3) is 3.33. The van der Waals surface area contributed by atoms with Gasteiger partial charge in [-0.2, -0.15) is 0 Å². The minimum atomic E-state index is -0.469. The van der Waals surface area contributed by atoms with Crippen molar-refractivity contribution in [2.75, 3.05) is 5.32 Å². The molecule has 0 saturated heterocycles. The summed E-state index contributed by atoms with van der Waals surface area (Å²) in [6.45, 7) is 2.13. The fourth-order valence-corrected chi connectivity index (χ4v) is 1.96. The summed E-state index contributed by atoms with van der Waals surface area (Å²) in [5.41, 5.74) is 2.06. The second-order valence-electron chi connectivity index (χ2n) is 4.50. The summed E-state index contributed by atoms with van der Waals surface area (Å²) >= 11 is 0. The van der Waals surface area contributed by atoms with Crippen LogP contribution in [-0.4, -0.2) is 9.85 Å². The predicted octanol–water partition coefficient (Wildman–Crippen LogP) is 3.42. The van der Waals surface area contributed by atoms with E-state index in [1.54, 1.807) is 31.2 Å². The second-order valence-corrected chi connectivity index (χ2v) is 4.50. The average molecular weight is 287 g/mol. The van der Waals surface area contributed by atoms with E-state index >= 15 is 0 Å². The van der Waals surface area contributed by atoms with E-state index < -0.39 is 9.85 Å². The van der Waals surface area contributed by atoms with Crippen molar-refractivity contribution < 1.29 is 9.85 Å². The molecule has 0 bridgehead atoms. The molecule has 0 amide bonds. The molecule has 1 N–H and O–H groups in total. The molecule has 0 spiro atoms. The summed E-state index contributed by atoms with van der Waals surface area (Å²) in [5.74, 6) is 0. The first kappa shape index (κ1) is 14.4. The van der Waals surface area contributed by atoms with Crippen molar-refractivity contribution in [2.24, 2.45) is 0 Å². The van der Waals surface area contributed by atoms with Crippen molar-refractivity contribution in [2.45, 2.75) is 13.5 Å². The molecular formula is C14H13N3O4. The van der Waals surface area contributed by atoms with E-state index in [-0.39, 0.29) is 11.4 Å². The molecule has 0 fully saturated rings. The topological polar surface area (TPSA) is 98.3 Å². The molecule has 21 heavy (non-hydrogen) atoms. The lowest BCUT2D eigenvalue weighted by Crippen LogP contribution is -2.04. The van der Waals surface area contributed by atoms with Crippen LogP contribution in [0.4, 0.5) is 17.1 Å². The maximum absolute atomic E-state index is 11.0. The monoisotopic (exact) mass is 287 g/mol. The van der Waals surface area contributed by atoms with Crippen LogP contribution in [0.3, 0.4) is 0 Å². The number of nitrogens with one attached hydrogen (secondary N) is 1. The molecule has 0 heterocycles. The molecule has 108 valence electrons. The molecule has 0 aliphatic rings. The number of anilines is 1. The van der Waals surface area contributed by atoms with Crippen LogP contribution in [0.2, 0.25) is 0 Å². The number of nitro benzene ring substituents is 2. The third-order valence-corrected chi connectivity index (χ3v) is 3.06. The van der Waals surface area contributed by atoms with Crippen LogP contribution in [-0.2, 0) is 6.54 Å². The van der Waals surface area contributed by atoms with E-state index in [1.807, 2.05) is 0 Å². The molecule has 0 aliphatic carbocycles. The smallest absolute Gasteiger partial charge is 0.292 e. The van der Waals surface area contributed by atoms with Crippen molar-refractivity contribution in [1.82, 2.24) is 0 Å². The number of nitrogens with zero attached hydrogens (tertiary/aromatic N) is 2. The Morgan fingerprint density at radius 1 is 1.00 bits per heavy atom. The largest absolute Gasteiger partial charge is 0.375 e. The molecular weight excluding hydrogens is 274 g/mol. The summed E-state index contributed by atoms with van der Waals surface area (Å²) in [5, 5.41) is 24.6. The van der Waals surface area contributed by atoms with E-state index in [9.17, 15) is 20.2 Å². The minimum Gasteiger partial charge on any atom is -0.375 e. The summed E-state index contributed by atoms with van der Waals surface area (Å²) < 4.78 is 0. The number of hydrogen-bond acceptors (Lipinski definition) is 5. The zero-order valence-corrected chi connectivity index (χ0v) is 11.3. The van der Waals surface area contributed by atoms with Gasteiger partial charge in [-0.15, -0.1) is 0 Å². The lowest BCUT2D eigenvalue weighted by molar-refractivity contribution is -0.384. The van der Waals surface area contributed by atoms with Gasteiger partial charge >= 0.3 is 0 Å².